The van der Waals surface area contributed by atoms with Crippen molar-refractivity contribution in [2.24, 2.45) is 0 Å². The average Bonchev–Trinajstić information content (AvgIpc) is 2.24. The topological polar surface area (TPSA) is 49.3 Å². The van der Waals surface area contributed by atoms with Crippen molar-refractivity contribution in [3.8, 4) is 0 Å². The lowest BCUT2D eigenvalue weighted by atomic mass is 10.2. The lowest BCUT2D eigenvalue weighted by Gasteiger charge is -2.04. The molecule has 0 saturated heterocycles. The van der Waals surface area contributed by atoms with Crippen molar-refractivity contribution in [2.75, 3.05) is 13.2 Å². The maximum absolute atomic E-state index is 11.5. The van der Waals surface area contributed by atoms with Crippen molar-refractivity contribution in [1.29, 1.82) is 0 Å². The molecule has 0 bridgehead atoms. The summed E-state index contributed by atoms with van der Waals surface area (Å²) in [6.45, 7) is 0.735. The van der Waals surface area contributed by atoms with E-state index in [-0.39, 0.29) is 12.5 Å². The first kappa shape index (κ1) is 12.0. The zero-order chi connectivity index (χ0) is 11.1. The number of halogens is 1. The van der Waals surface area contributed by atoms with Crippen LogP contribution in [0.3, 0.4) is 0 Å². The molecule has 0 aliphatic carbocycles. The van der Waals surface area contributed by atoms with E-state index >= 15 is 0 Å². The third-order valence-electron chi connectivity index (χ3n) is 1.96. The van der Waals surface area contributed by atoms with Gasteiger partial charge in [0, 0.05) is 23.7 Å². The molecule has 0 spiro atoms. The Hall–Kier alpha value is -1.06. The van der Waals surface area contributed by atoms with Crippen molar-refractivity contribution in [2.45, 2.75) is 12.8 Å². The minimum Gasteiger partial charge on any atom is -0.396 e. The van der Waals surface area contributed by atoms with E-state index in [0.29, 0.717) is 23.6 Å². The van der Waals surface area contributed by atoms with Crippen LogP contribution in [-0.2, 0) is 0 Å². The van der Waals surface area contributed by atoms with Crippen LogP contribution in [0, 0.1) is 0 Å². The largest absolute Gasteiger partial charge is 0.396 e. The second-order valence-corrected chi connectivity index (χ2v) is 3.63. The van der Waals surface area contributed by atoms with Crippen LogP contribution in [0.4, 0.5) is 0 Å². The molecule has 82 valence electrons. The zero-order valence-electron chi connectivity index (χ0n) is 8.37. The smallest absolute Gasteiger partial charge is 0.251 e. The molecule has 1 rings (SSSR count). The number of aliphatic hydroxyl groups excluding tert-OH is 1. The summed E-state index contributed by atoms with van der Waals surface area (Å²) >= 11 is 5.76. The summed E-state index contributed by atoms with van der Waals surface area (Å²) in [5, 5.41) is 11.9. The van der Waals surface area contributed by atoms with Crippen LogP contribution in [-0.4, -0.2) is 24.2 Å². The second-order valence-electron chi connectivity index (χ2n) is 3.20. The summed E-state index contributed by atoms with van der Waals surface area (Å²) in [4.78, 5) is 11.5. The van der Waals surface area contributed by atoms with Gasteiger partial charge in [0.1, 0.15) is 0 Å². The summed E-state index contributed by atoms with van der Waals surface area (Å²) in [7, 11) is 0. The number of benzene rings is 1. The minimum absolute atomic E-state index is 0.129. The third kappa shape index (κ3) is 4.32. The van der Waals surface area contributed by atoms with Gasteiger partial charge in [0.05, 0.1) is 0 Å². The van der Waals surface area contributed by atoms with Gasteiger partial charge in [-0.3, -0.25) is 4.79 Å². The first-order chi connectivity index (χ1) is 7.24. The van der Waals surface area contributed by atoms with Crippen molar-refractivity contribution in [3.05, 3.63) is 34.9 Å². The average molecular weight is 228 g/mol. The molecule has 1 aromatic carbocycles. The van der Waals surface area contributed by atoms with Gasteiger partial charge < -0.3 is 10.4 Å². The number of nitrogens with one attached hydrogen (secondary N) is 1. The highest BCUT2D eigenvalue weighted by Crippen LogP contribution is 2.10. The quantitative estimate of drug-likeness (QED) is 0.755. The monoisotopic (exact) mass is 227 g/mol. The van der Waals surface area contributed by atoms with Gasteiger partial charge in [-0.05, 0) is 31.0 Å². The molecule has 0 fully saturated rings. The van der Waals surface area contributed by atoms with Gasteiger partial charge >= 0.3 is 0 Å². The fourth-order valence-corrected chi connectivity index (χ4v) is 1.36. The molecular weight excluding hydrogens is 214 g/mol. The normalized spacial score (nSPS) is 10.0. The van der Waals surface area contributed by atoms with Crippen molar-refractivity contribution >= 4 is 17.5 Å². The molecule has 0 saturated carbocycles. The number of hydrogen-bond acceptors (Lipinski definition) is 2. The summed E-state index contributed by atoms with van der Waals surface area (Å²) in [6.07, 6.45) is 1.48. The number of carbonyl (C=O) groups excluding carboxylic acids is 1. The Bertz CT molecular complexity index is 328. The van der Waals surface area contributed by atoms with Crippen LogP contribution < -0.4 is 5.32 Å². The highest BCUT2D eigenvalue weighted by atomic mass is 35.5. The number of rotatable bonds is 5. The molecule has 0 aliphatic rings. The summed E-state index contributed by atoms with van der Waals surface area (Å²) in [6, 6.07) is 6.81. The maximum atomic E-state index is 11.5. The molecule has 3 nitrogen and oxygen atoms in total. The zero-order valence-corrected chi connectivity index (χ0v) is 9.13. The molecule has 0 aromatic heterocycles. The van der Waals surface area contributed by atoms with E-state index in [1.54, 1.807) is 24.3 Å². The molecule has 0 radical (unpaired) electrons. The van der Waals surface area contributed by atoms with Crippen LogP contribution in [0.25, 0.3) is 0 Å². The van der Waals surface area contributed by atoms with E-state index in [9.17, 15) is 4.79 Å². The first-order valence-electron chi connectivity index (χ1n) is 4.88. The maximum Gasteiger partial charge on any atom is 0.251 e. The molecule has 2 N–H and O–H groups in total. The van der Waals surface area contributed by atoms with Gasteiger partial charge in [-0.1, -0.05) is 17.7 Å². The minimum atomic E-state index is -0.129. The van der Waals surface area contributed by atoms with Gasteiger partial charge in [-0.15, -0.1) is 0 Å². The van der Waals surface area contributed by atoms with E-state index in [1.165, 1.54) is 0 Å². The Morgan fingerprint density at radius 1 is 1.40 bits per heavy atom. The summed E-state index contributed by atoms with van der Waals surface area (Å²) in [5.41, 5.74) is 0.562. The molecule has 4 heteroatoms. The molecule has 15 heavy (non-hydrogen) atoms. The lowest BCUT2D eigenvalue weighted by Crippen LogP contribution is -2.24. The Balaban J connectivity index is 2.40. The number of carbonyl (C=O) groups is 1. The van der Waals surface area contributed by atoms with Crippen molar-refractivity contribution < 1.29 is 9.90 Å². The van der Waals surface area contributed by atoms with E-state index < -0.39 is 0 Å². The second kappa shape index (κ2) is 6.43. The van der Waals surface area contributed by atoms with E-state index in [1.807, 2.05) is 0 Å². The van der Waals surface area contributed by atoms with Crippen LogP contribution in [0.5, 0.6) is 0 Å². The molecule has 1 aromatic rings. The highest BCUT2D eigenvalue weighted by molar-refractivity contribution is 6.30. The van der Waals surface area contributed by atoms with Crippen LogP contribution >= 0.6 is 11.6 Å². The van der Waals surface area contributed by atoms with E-state index in [0.717, 1.165) is 6.42 Å². The van der Waals surface area contributed by atoms with Crippen LogP contribution in [0.2, 0.25) is 5.02 Å². The van der Waals surface area contributed by atoms with Crippen LogP contribution in [0.1, 0.15) is 23.2 Å². The standard InChI is InChI=1S/C11H14ClNO2/c12-10-5-3-4-9(8-10)11(15)13-6-1-2-7-14/h3-5,8,14H,1-2,6-7H2,(H,13,15). The number of aliphatic hydroxyl groups is 1. The van der Waals surface area contributed by atoms with Gasteiger partial charge in [0.15, 0.2) is 0 Å². The summed E-state index contributed by atoms with van der Waals surface area (Å²) < 4.78 is 0. The Kier molecular flexibility index (Phi) is 5.15. The first-order valence-corrected chi connectivity index (χ1v) is 5.26. The van der Waals surface area contributed by atoms with Gasteiger partial charge in [0.2, 0.25) is 0 Å². The number of hydrogen-bond donors (Lipinski definition) is 2. The summed E-state index contributed by atoms with van der Waals surface area (Å²) in [5.74, 6) is -0.129. The Labute approximate surface area is 94.1 Å². The molecule has 0 unspecified atom stereocenters. The number of unbranched alkanes of at least 4 members (excludes halogenated alkanes) is 1. The lowest BCUT2D eigenvalue weighted by molar-refractivity contribution is 0.0952. The van der Waals surface area contributed by atoms with Gasteiger partial charge in [0.25, 0.3) is 5.91 Å². The highest BCUT2D eigenvalue weighted by Gasteiger charge is 2.04. The molecule has 1 amide bonds. The number of amides is 1. The van der Waals surface area contributed by atoms with Gasteiger partial charge in [-0.2, -0.15) is 0 Å². The van der Waals surface area contributed by atoms with Crippen molar-refractivity contribution in [1.82, 2.24) is 5.32 Å². The SMILES string of the molecule is O=C(NCCCCO)c1cccc(Cl)c1. The molecule has 0 atom stereocenters. The predicted octanol–water partition coefficient (Wildman–Crippen LogP) is 1.84. The predicted molar refractivity (Wildman–Crippen MR) is 60.1 cm³/mol. The molecule has 0 aliphatic heterocycles. The van der Waals surface area contributed by atoms with E-state index in [4.69, 9.17) is 16.7 Å². The fraction of sp³-hybridized carbons (Fsp3) is 0.364. The fourth-order valence-electron chi connectivity index (χ4n) is 1.17. The van der Waals surface area contributed by atoms with E-state index in [2.05, 4.69) is 5.32 Å². The van der Waals surface area contributed by atoms with Crippen molar-refractivity contribution in [3.63, 3.8) is 0 Å². The van der Waals surface area contributed by atoms with Crippen LogP contribution in [0.15, 0.2) is 24.3 Å². The third-order valence-corrected chi connectivity index (χ3v) is 2.19. The molecule has 0 heterocycles. The Morgan fingerprint density at radius 2 is 2.20 bits per heavy atom. The molecular formula is C11H14ClNO2. The Morgan fingerprint density at radius 3 is 2.87 bits per heavy atom. The van der Waals surface area contributed by atoms with Gasteiger partial charge in [-0.25, -0.2) is 0 Å².